The minimum absolute atomic E-state index is 0.409. The second kappa shape index (κ2) is 6.37. The number of nitrogens with zero attached hydrogens (tertiary/aromatic N) is 1. The molecule has 1 aliphatic carbocycles. The smallest absolute Gasteiger partial charge is 0.0964 e. The first-order valence-corrected chi connectivity index (χ1v) is 8.94. The quantitative estimate of drug-likeness (QED) is 0.924. The number of para-hydroxylation sites is 1. The number of anilines is 1. The standard InChI is InChI=1S/C21H25NO/c23-21(19-12-11-16-6-1-2-8-18(16)14-19)15-22-13-5-9-17-7-3-4-10-20(17)22/h3-4,7,10-12,14,21,23H,1-2,5-6,8-9,13,15H2. The minimum atomic E-state index is -0.409. The van der Waals surface area contributed by atoms with Crippen LogP contribution in [0.1, 0.15) is 47.6 Å². The number of rotatable bonds is 3. The predicted octanol–water partition coefficient (Wildman–Crippen LogP) is 4.05. The summed E-state index contributed by atoms with van der Waals surface area (Å²) >= 11 is 0. The Bertz CT molecular complexity index is 694. The lowest BCUT2D eigenvalue weighted by atomic mass is 9.89. The normalized spacial score (nSPS) is 18.2. The Morgan fingerprint density at radius 1 is 0.870 bits per heavy atom. The molecule has 0 spiro atoms. The molecule has 1 heterocycles. The van der Waals surface area contributed by atoms with Gasteiger partial charge in [0.15, 0.2) is 0 Å². The zero-order chi connectivity index (χ0) is 15.6. The van der Waals surface area contributed by atoms with Gasteiger partial charge in [-0.25, -0.2) is 0 Å². The maximum Gasteiger partial charge on any atom is 0.0964 e. The zero-order valence-electron chi connectivity index (χ0n) is 13.7. The SMILES string of the molecule is OC(CN1CCCc2ccccc21)c1ccc2c(c1)CCCC2. The Morgan fingerprint density at radius 2 is 1.65 bits per heavy atom. The third-order valence-corrected chi connectivity index (χ3v) is 5.36. The Hall–Kier alpha value is -1.80. The molecule has 2 heteroatoms. The van der Waals surface area contributed by atoms with E-state index in [9.17, 15) is 5.11 Å². The van der Waals surface area contributed by atoms with Gasteiger partial charge in [-0.05, 0) is 66.8 Å². The Labute approximate surface area is 138 Å². The van der Waals surface area contributed by atoms with Crippen LogP contribution in [0.5, 0.6) is 0 Å². The highest BCUT2D eigenvalue weighted by molar-refractivity contribution is 5.55. The van der Waals surface area contributed by atoms with Crippen molar-refractivity contribution in [3.05, 3.63) is 64.7 Å². The van der Waals surface area contributed by atoms with Gasteiger partial charge in [0, 0.05) is 18.8 Å². The van der Waals surface area contributed by atoms with Gasteiger partial charge in [0.05, 0.1) is 6.10 Å². The van der Waals surface area contributed by atoms with Gasteiger partial charge < -0.3 is 10.0 Å². The predicted molar refractivity (Wildman–Crippen MR) is 95.0 cm³/mol. The number of aryl methyl sites for hydroxylation is 3. The van der Waals surface area contributed by atoms with Gasteiger partial charge in [-0.2, -0.15) is 0 Å². The van der Waals surface area contributed by atoms with Gasteiger partial charge >= 0.3 is 0 Å². The third kappa shape index (κ3) is 3.00. The molecule has 0 saturated carbocycles. The van der Waals surface area contributed by atoms with Gasteiger partial charge in [-0.3, -0.25) is 0 Å². The van der Waals surface area contributed by atoms with E-state index < -0.39 is 6.10 Å². The van der Waals surface area contributed by atoms with Gasteiger partial charge in [0.2, 0.25) is 0 Å². The fourth-order valence-corrected chi connectivity index (χ4v) is 4.08. The Balaban J connectivity index is 1.53. The van der Waals surface area contributed by atoms with Crippen LogP contribution in [0, 0.1) is 0 Å². The average molecular weight is 307 g/mol. The second-order valence-electron chi connectivity index (χ2n) is 6.93. The fraction of sp³-hybridized carbons (Fsp3) is 0.429. The van der Waals surface area contributed by atoms with Crippen LogP contribution in [-0.2, 0) is 19.3 Å². The summed E-state index contributed by atoms with van der Waals surface area (Å²) in [5.41, 5.74) is 6.73. The average Bonchev–Trinajstić information content (AvgIpc) is 2.61. The fourth-order valence-electron chi connectivity index (χ4n) is 4.08. The van der Waals surface area contributed by atoms with Crippen molar-refractivity contribution in [1.82, 2.24) is 0 Å². The van der Waals surface area contributed by atoms with Gasteiger partial charge in [0.1, 0.15) is 0 Å². The summed E-state index contributed by atoms with van der Waals surface area (Å²) in [6, 6.07) is 15.2. The number of hydrogen-bond acceptors (Lipinski definition) is 2. The van der Waals surface area contributed by atoms with Crippen LogP contribution in [0.4, 0.5) is 5.69 Å². The summed E-state index contributed by atoms with van der Waals surface area (Å²) in [6.07, 6.45) is 6.88. The van der Waals surface area contributed by atoms with E-state index in [1.165, 1.54) is 54.5 Å². The summed E-state index contributed by atoms with van der Waals surface area (Å²) in [5.74, 6) is 0. The molecule has 2 aromatic rings. The molecule has 4 rings (SSSR count). The lowest BCUT2D eigenvalue weighted by Crippen LogP contribution is -2.33. The Morgan fingerprint density at radius 3 is 2.57 bits per heavy atom. The minimum Gasteiger partial charge on any atom is -0.387 e. The highest BCUT2D eigenvalue weighted by Gasteiger charge is 2.20. The van der Waals surface area contributed by atoms with Crippen molar-refractivity contribution >= 4 is 5.69 Å². The summed E-state index contributed by atoms with van der Waals surface area (Å²) < 4.78 is 0. The molecule has 2 nitrogen and oxygen atoms in total. The maximum absolute atomic E-state index is 10.8. The van der Waals surface area contributed by atoms with Crippen molar-refractivity contribution in [2.45, 2.75) is 44.6 Å². The van der Waals surface area contributed by atoms with E-state index in [-0.39, 0.29) is 0 Å². The molecular weight excluding hydrogens is 282 g/mol. The largest absolute Gasteiger partial charge is 0.387 e. The van der Waals surface area contributed by atoms with Crippen molar-refractivity contribution in [3.63, 3.8) is 0 Å². The van der Waals surface area contributed by atoms with Crippen LogP contribution in [0.3, 0.4) is 0 Å². The molecular formula is C21H25NO. The monoisotopic (exact) mass is 307 g/mol. The van der Waals surface area contributed by atoms with Crippen LogP contribution < -0.4 is 4.90 Å². The van der Waals surface area contributed by atoms with E-state index in [0.29, 0.717) is 6.54 Å². The summed E-state index contributed by atoms with van der Waals surface area (Å²) in [6.45, 7) is 1.73. The topological polar surface area (TPSA) is 23.5 Å². The van der Waals surface area contributed by atoms with E-state index in [0.717, 1.165) is 18.5 Å². The van der Waals surface area contributed by atoms with Crippen LogP contribution >= 0.6 is 0 Å². The molecule has 120 valence electrons. The molecule has 1 unspecified atom stereocenters. The zero-order valence-corrected chi connectivity index (χ0v) is 13.7. The number of fused-ring (bicyclic) bond motifs is 2. The van der Waals surface area contributed by atoms with Gasteiger partial charge in [-0.15, -0.1) is 0 Å². The molecule has 0 radical (unpaired) electrons. The summed E-state index contributed by atoms with van der Waals surface area (Å²) in [4.78, 5) is 2.35. The van der Waals surface area contributed by atoms with Crippen LogP contribution in [0.2, 0.25) is 0 Å². The molecule has 1 atom stereocenters. The van der Waals surface area contributed by atoms with E-state index in [1.807, 2.05) is 0 Å². The first-order chi connectivity index (χ1) is 11.3. The summed E-state index contributed by atoms with van der Waals surface area (Å²) in [7, 11) is 0. The molecule has 23 heavy (non-hydrogen) atoms. The highest BCUT2D eigenvalue weighted by atomic mass is 16.3. The number of hydrogen-bond donors (Lipinski definition) is 1. The lowest BCUT2D eigenvalue weighted by molar-refractivity contribution is 0.182. The number of β-amino-alcohol motifs (C(OH)–C–C–N with tert-alkyl or cyclic N) is 1. The highest BCUT2D eigenvalue weighted by Crippen LogP contribution is 2.30. The molecule has 0 saturated heterocycles. The Kier molecular flexibility index (Phi) is 4.09. The van der Waals surface area contributed by atoms with Crippen LogP contribution in [0.25, 0.3) is 0 Å². The van der Waals surface area contributed by atoms with Crippen molar-refractivity contribution in [2.75, 3.05) is 18.0 Å². The van der Waals surface area contributed by atoms with Crippen LogP contribution in [0.15, 0.2) is 42.5 Å². The molecule has 2 aromatic carbocycles. The third-order valence-electron chi connectivity index (χ3n) is 5.36. The van der Waals surface area contributed by atoms with E-state index in [1.54, 1.807) is 0 Å². The van der Waals surface area contributed by atoms with Crippen molar-refractivity contribution in [2.24, 2.45) is 0 Å². The molecule has 1 N–H and O–H groups in total. The summed E-state index contributed by atoms with van der Waals surface area (Å²) in [5, 5.41) is 10.8. The molecule has 0 fully saturated rings. The van der Waals surface area contributed by atoms with E-state index >= 15 is 0 Å². The van der Waals surface area contributed by atoms with Crippen molar-refractivity contribution < 1.29 is 5.11 Å². The first-order valence-electron chi connectivity index (χ1n) is 8.94. The molecule has 0 aromatic heterocycles. The van der Waals surface area contributed by atoms with Crippen molar-refractivity contribution in [3.8, 4) is 0 Å². The number of aliphatic hydroxyl groups is 1. The lowest BCUT2D eigenvalue weighted by Gasteiger charge is -2.33. The molecule has 2 aliphatic rings. The second-order valence-corrected chi connectivity index (χ2v) is 6.93. The number of benzene rings is 2. The maximum atomic E-state index is 10.8. The van der Waals surface area contributed by atoms with Gasteiger partial charge in [0.25, 0.3) is 0 Å². The van der Waals surface area contributed by atoms with E-state index in [4.69, 9.17) is 0 Å². The number of aliphatic hydroxyl groups excluding tert-OH is 1. The van der Waals surface area contributed by atoms with E-state index in [2.05, 4.69) is 47.4 Å². The van der Waals surface area contributed by atoms with Crippen LogP contribution in [-0.4, -0.2) is 18.2 Å². The first kappa shape index (κ1) is 14.8. The molecule has 0 bridgehead atoms. The molecule has 1 aliphatic heterocycles. The molecule has 0 amide bonds. The van der Waals surface area contributed by atoms with Gasteiger partial charge in [-0.1, -0.05) is 36.4 Å². The van der Waals surface area contributed by atoms with Crippen molar-refractivity contribution in [1.29, 1.82) is 0 Å².